The van der Waals surface area contributed by atoms with Crippen LogP contribution >= 0.6 is 0 Å². The van der Waals surface area contributed by atoms with E-state index in [1.54, 1.807) is 0 Å². The van der Waals surface area contributed by atoms with Crippen molar-refractivity contribution in [3.8, 4) is 0 Å². The lowest BCUT2D eigenvalue weighted by atomic mass is 9.99. The molecule has 0 bridgehead atoms. The highest BCUT2D eigenvalue weighted by Crippen LogP contribution is 2.14. The van der Waals surface area contributed by atoms with Gasteiger partial charge in [0.15, 0.2) is 0 Å². The molecule has 17 heavy (non-hydrogen) atoms. The molecular formula is C14H30N2O. The Kier molecular flexibility index (Phi) is 7.09. The molecule has 0 aromatic rings. The van der Waals surface area contributed by atoms with Crippen LogP contribution in [0.4, 0.5) is 0 Å². The van der Waals surface area contributed by atoms with Crippen molar-refractivity contribution in [1.29, 1.82) is 0 Å². The zero-order valence-corrected chi connectivity index (χ0v) is 12.0. The lowest BCUT2D eigenvalue weighted by Gasteiger charge is -2.40. The molecule has 3 nitrogen and oxygen atoms in total. The van der Waals surface area contributed by atoms with Gasteiger partial charge in [-0.2, -0.15) is 0 Å². The highest BCUT2D eigenvalue weighted by atomic mass is 16.5. The number of nitrogens with one attached hydrogen (secondary N) is 1. The molecule has 1 saturated heterocycles. The van der Waals surface area contributed by atoms with Crippen molar-refractivity contribution in [2.24, 2.45) is 5.92 Å². The standard InChI is InChI=1S/C14H30N2O/c1-5-14-10-15-13(9-12(3)4)11-16(14)7-8-17-6-2/h12-15H,5-11H2,1-4H3. The minimum absolute atomic E-state index is 0.666. The number of nitrogens with zero attached hydrogens (tertiary/aromatic N) is 1. The van der Waals surface area contributed by atoms with E-state index in [-0.39, 0.29) is 0 Å². The fourth-order valence-electron chi connectivity index (χ4n) is 2.66. The van der Waals surface area contributed by atoms with E-state index in [1.165, 1.54) is 19.4 Å². The van der Waals surface area contributed by atoms with Crippen LogP contribution in [0.2, 0.25) is 0 Å². The fraction of sp³-hybridized carbons (Fsp3) is 1.00. The van der Waals surface area contributed by atoms with Gasteiger partial charge in [-0.05, 0) is 25.7 Å². The van der Waals surface area contributed by atoms with Crippen molar-refractivity contribution >= 4 is 0 Å². The monoisotopic (exact) mass is 242 g/mol. The van der Waals surface area contributed by atoms with Crippen LogP contribution in [-0.2, 0) is 4.74 Å². The third-order valence-corrected chi connectivity index (χ3v) is 3.57. The minimum atomic E-state index is 0.666. The Hall–Kier alpha value is -0.120. The Morgan fingerprint density at radius 1 is 1.35 bits per heavy atom. The van der Waals surface area contributed by atoms with Crippen molar-refractivity contribution < 1.29 is 4.74 Å². The van der Waals surface area contributed by atoms with Gasteiger partial charge in [0.2, 0.25) is 0 Å². The van der Waals surface area contributed by atoms with Gasteiger partial charge in [-0.1, -0.05) is 20.8 Å². The summed E-state index contributed by atoms with van der Waals surface area (Å²) in [5, 5.41) is 3.69. The van der Waals surface area contributed by atoms with E-state index in [4.69, 9.17) is 4.74 Å². The average Bonchev–Trinajstić information content (AvgIpc) is 2.29. The molecule has 2 unspecified atom stereocenters. The number of piperazine rings is 1. The van der Waals surface area contributed by atoms with E-state index in [0.717, 1.165) is 32.2 Å². The highest BCUT2D eigenvalue weighted by molar-refractivity contribution is 4.85. The van der Waals surface area contributed by atoms with Crippen LogP contribution in [0.25, 0.3) is 0 Å². The first-order chi connectivity index (χ1) is 8.17. The van der Waals surface area contributed by atoms with Crippen molar-refractivity contribution in [3.05, 3.63) is 0 Å². The summed E-state index contributed by atoms with van der Waals surface area (Å²) in [6.45, 7) is 14.1. The van der Waals surface area contributed by atoms with Crippen LogP contribution in [0.5, 0.6) is 0 Å². The van der Waals surface area contributed by atoms with Gasteiger partial charge in [-0.3, -0.25) is 4.90 Å². The molecule has 0 spiro atoms. The largest absolute Gasteiger partial charge is 0.380 e. The van der Waals surface area contributed by atoms with Gasteiger partial charge in [-0.15, -0.1) is 0 Å². The van der Waals surface area contributed by atoms with Crippen molar-refractivity contribution in [3.63, 3.8) is 0 Å². The van der Waals surface area contributed by atoms with Crippen LogP contribution in [0.15, 0.2) is 0 Å². The molecule has 0 aliphatic carbocycles. The van der Waals surface area contributed by atoms with Gasteiger partial charge in [0.05, 0.1) is 6.61 Å². The summed E-state index contributed by atoms with van der Waals surface area (Å²) >= 11 is 0. The van der Waals surface area contributed by atoms with Crippen molar-refractivity contribution in [2.45, 2.75) is 52.6 Å². The smallest absolute Gasteiger partial charge is 0.0593 e. The van der Waals surface area contributed by atoms with Gasteiger partial charge in [0.1, 0.15) is 0 Å². The molecule has 3 heteroatoms. The number of hydrogen-bond donors (Lipinski definition) is 1. The number of ether oxygens (including phenoxy) is 1. The molecule has 0 radical (unpaired) electrons. The Morgan fingerprint density at radius 2 is 2.12 bits per heavy atom. The molecule has 0 aromatic heterocycles. The van der Waals surface area contributed by atoms with Crippen LogP contribution in [0.3, 0.4) is 0 Å². The molecule has 1 rings (SSSR count). The maximum absolute atomic E-state index is 5.48. The predicted molar refractivity (Wildman–Crippen MR) is 73.4 cm³/mol. The zero-order valence-electron chi connectivity index (χ0n) is 12.0. The third kappa shape index (κ3) is 5.36. The maximum Gasteiger partial charge on any atom is 0.0593 e. The van der Waals surface area contributed by atoms with E-state index in [2.05, 4.69) is 37.9 Å². The molecule has 0 amide bonds. The van der Waals surface area contributed by atoms with Crippen LogP contribution < -0.4 is 5.32 Å². The van der Waals surface area contributed by atoms with Gasteiger partial charge >= 0.3 is 0 Å². The van der Waals surface area contributed by atoms with E-state index >= 15 is 0 Å². The van der Waals surface area contributed by atoms with Crippen molar-refractivity contribution in [1.82, 2.24) is 10.2 Å². The SMILES string of the molecule is CCOCCN1CC(CC(C)C)NCC1CC. The summed E-state index contributed by atoms with van der Waals surface area (Å²) in [6.07, 6.45) is 2.51. The van der Waals surface area contributed by atoms with E-state index < -0.39 is 0 Å². The Balaban J connectivity index is 2.38. The molecule has 1 heterocycles. The zero-order chi connectivity index (χ0) is 12.7. The summed E-state index contributed by atoms with van der Waals surface area (Å²) in [5.41, 5.74) is 0. The molecule has 1 fully saturated rings. The quantitative estimate of drug-likeness (QED) is 0.692. The summed E-state index contributed by atoms with van der Waals surface area (Å²) < 4.78 is 5.48. The predicted octanol–water partition coefficient (Wildman–Crippen LogP) is 2.12. The molecule has 102 valence electrons. The lowest BCUT2D eigenvalue weighted by molar-refractivity contribution is 0.0658. The molecule has 0 saturated carbocycles. The highest BCUT2D eigenvalue weighted by Gasteiger charge is 2.26. The van der Waals surface area contributed by atoms with Gasteiger partial charge in [-0.25, -0.2) is 0 Å². The molecule has 1 aliphatic rings. The summed E-state index contributed by atoms with van der Waals surface area (Å²) in [7, 11) is 0. The minimum Gasteiger partial charge on any atom is -0.380 e. The second-order valence-electron chi connectivity index (χ2n) is 5.49. The van der Waals surface area contributed by atoms with E-state index in [9.17, 15) is 0 Å². The van der Waals surface area contributed by atoms with Crippen LogP contribution in [-0.4, -0.2) is 49.8 Å². The van der Waals surface area contributed by atoms with Gasteiger partial charge in [0.25, 0.3) is 0 Å². The first kappa shape index (κ1) is 14.9. The summed E-state index contributed by atoms with van der Waals surface area (Å²) in [6, 6.07) is 1.36. The number of hydrogen-bond acceptors (Lipinski definition) is 3. The molecular weight excluding hydrogens is 212 g/mol. The average molecular weight is 242 g/mol. The Labute approximate surface area is 107 Å². The lowest BCUT2D eigenvalue weighted by Crippen LogP contribution is -2.57. The Morgan fingerprint density at radius 3 is 2.71 bits per heavy atom. The second kappa shape index (κ2) is 8.06. The first-order valence-electron chi connectivity index (χ1n) is 7.22. The third-order valence-electron chi connectivity index (χ3n) is 3.57. The summed E-state index contributed by atoms with van der Waals surface area (Å²) in [5.74, 6) is 0.777. The second-order valence-corrected chi connectivity index (χ2v) is 5.49. The van der Waals surface area contributed by atoms with E-state index in [0.29, 0.717) is 12.1 Å². The van der Waals surface area contributed by atoms with Gasteiger partial charge in [0, 0.05) is 38.3 Å². The maximum atomic E-state index is 5.48. The number of rotatable bonds is 7. The fourth-order valence-corrected chi connectivity index (χ4v) is 2.66. The van der Waals surface area contributed by atoms with E-state index in [1.807, 2.05) is 0 Å². The molecule has 1 aliphatic heterocycles. The van der Waals surface area contributed by atoms with Gasteiger partial charge < -0.3 is 10.1 Å². The Bertz CT molecular complexity index is 197. The van der Waals surface area contributed by atoms with Crippen LogP contribution in [0.1, 0.15) is 40.5 Å². The topological polar surface area (TPSA) is 24.5 Å². The molecule has 0 aromatic carbocycles. The first-order valence-corrected chi connectivity index (χ1v) is 7.22. The summed E-state index contributed by atoms with van der Waals surface area (Å²) in [4.78, 5) is 2.61. The normalized spacial score (nSPS) is 26.6. The molecule has 1 N–H and O–H groups in total. The van der Waals surface area contributed by atoms with Crippen LogP contribution in [0, 0.1) is 5.92 Å². The molecule has 2 atom stereocenters. The van der Waals surface area contributed by atoms with Crippen molar-refractivity contribution in [2.75, 3.05) is 32.8 Å².